The van der Waals surface area contributed by atoms with Crippen LogP contribution < -0.4 is 5.32 Å². The van der Waals surface area contributed by atoms with E-state index in [1.807, 2.05) is 64.9 Å². The maximum Gasteiger partial charge on any atom is 0.248 e. The molecule has 4 heterocycles. The SMILES string of the molecule is CCn1cc(-c2cccc3nc(Nc4cccc(C)n4)nn23)cn1. The minimum absolute atomic E-state index is 0.517. The van der Waals surface area contributed by atoms with Crippen LogP contribution in [0.15, 0.2) is 48.8 Å². The van der Waals surface area contributed by atoms with Crippen LogP contribution >= 0.6 is 0 Å². The van der Waals surface area contributed by atoms with Gasteiger partial charge in [0.25, 0.3) is 0 Å². The molecule has 24 heavy (non-hydrogen) atoms. The van der Waals surface area contributed by atoms with Crippen LogP contribution in [0.2, 0.25) is 0 Å². The van der Waals surface area contributed by atoms with Gasteiger partial charge >= 0.3 is 0 Å². The van der Waals surface area contributed by atoms with E-state index in [0.29, 0.717) is 5.95 Å². The van der Waals surface area contributed by atoms with E-state index in [-0.39, 0.29) is 0 Å². The number of aromatic nitrogens is 6. The fourth-order valence-electron chi connectivity index (χ4n) is 2.57. The van der Waals surface area contributed by atoms with Crippen LogP contribution in [0.25, 0.3) is 16.9 Å². The summed E-state index contributed by atoms with van der Waals surface area (Å²) in [5.74, 6) is 1.25. The first kappa shape index (κ1) is 14.4. The Morgan fingerprint density at radius 2 is 1.96 bits per heavy atom. The number of aryl methyl sites for hydroxylation is 2. The van der Waals surface area contributed by atoms with E-state index in [1.54, 1.807) is 0 Å². The van der Waals surface area contributed by atoms with Crippen molar-refractivity contribution < 1.29 is 0 Å². The first-order valence-corrected chi connectivity index (χ1v) is 7.82. The van der Waals surface area contributed by atoms with Crippen molar-refractivity contribution in [3.8, 4) is 11.3 Å². The van der Waals surface area contributed by atoms with Crippen LogP contribution in [0.5, 0.6) is 0 Å². The van der Waals surface area contributed by atoms with Gasteiger partial charge in [-0.1, -0.05) is 12.1 Å². The second-order valence-electron chi connectivity index (χ2n) is 5.49. The number of rotatable bonds is 4. The van der Waals surface area contributed by atoms with Crippen molar-refractivity contribution in [1.82, 2.24) is 29.4 Å². The van der Waals surface area contributed by atoms with E-state index in [9.17, 15) is 0 Å². The molecule has 7 nitrogen and oxygen atoms in total. The molecule has 0 unspecified atom stereocenters. The number of nitrogens with zero attached hydrogens (tertiary/aromatic N) is 6. The van der Waals surface area contributed by atoms with Gasteiger partial charge in [-0.15, -0.1) is 5.10 Å². The van der Waals surface area contributed by atoms with Crippen LogP contribution in [0.4, 0.5) is 11.8 Å². The predicted molar refractivity (Wildman–Crippen MR) is 92.1 cm³/mol. The number of pyridine rings is 2. The van der Waals surface area contributed by atoms with Crippen molar-refractivity contribution >= 4 is 17.4 Å². The standard InChI is InChI=1S/C17H17N7/c1-3-23-11-13(10-18-23)14-7-5-9-16-21-17(22-24(14)16)20-15-8-4-6-12(2)19-15/h4-11H,3H2,1-2H3,(H,19,20,22). The number of hydrogen-bond acceptors (Lipinski definition) is 5. The molecule has 120 valence electrons. The largest absolute Gasteiger partial charge is 0.307 e. The van der Waals surface area contributed by atoms with Crippen LogP contribution in [-0.4, -0.2) is 29.4 Å². The van der Waals surface area contributed by atoms with Gasteiger partial charge in [0.1, 0.15) is 5.82 Å². The molecule has 0 amide bonds. The summed E-state index contributed by atoms with van der Waals surface area (Å²) in [6.45, 7) is 4.84. The Bertz CT molecular complexity index is 999. The molecule has 4 aromatic heterocycles. The Balaban J connectivity index is 1.74. The molecule has 7 heteroatoms. The molecule has 0 aliphatic carbocycles. The molecule has 0 aliphatic rings. The fourth-order valence-corrected chi connectivity index (χ4v) is 2.57. The molecule has 0 aliphatic heterocycles. The highest BCUT2D eigenvalue weighted by atomic mass is 15.4. The second-order valence-corrected chi connectivity index (χ2v) is 5.49. The minimum Gasteiger partial charge on any atom is -0.307 e. The summed E-state index contributed by atoms with van der Waals surface area (Å²) in [4.78, 5) is 8.94. The van der Waals surface area contributed by atoms with Crippen molar-refractivity contribution in [2.75, 3.05) is 5.32 Å². The molecule has 0 radical (unpaired) electrons. The summed E-state index contributed by atoms with van der Waals surface area (Å²) in [7, 11) is 0. The Labute approximate surface area is 139 Å². The van der Waals surface area contributed by atoms with Gasteiger partial charge in [-0.2, -0.15) is 10.1 Å². The van der Waals surface area contributed by atoms with Gasteiger partial charge < -0.3 is 5.32 Å². The fraction of sp³-hybridized carbons (Fsp3) is 0.176. The quantitative estimate of drug-likeness (QED) is 0.626. The number of nitrogens with one attached hydrogen (secondary N) is 1. The third kappa shape index (κ3) is 2.60. The van der Waals surface area contributed by atoms with Crippen molar-refractivity contribution in [2.45, 2.75) is 20.4 Å². The smallest absolute Gasteiger partial charge is 0.248 e. The van der Waals surface area contributed by atoms with Crippen molar-refractivity contribution in [3.63, 3.8) is 0 Å². The zero-order valence-electron chi connectivity index (χ0n) is 13.5. The lowest BCUT2D eigenvalue weighted by Crippen LogP contribution is -1.97. The molecule has 0 bridgehead atoms. The minimum atomic E-state index is 0.517. The van der Waals surface area contributed by atoms with E-state index < -0.39 is 0 Å². The third-order valence-corrected chi connectivity index (χ3v) is 3.74. The maximum atomic E-state index is 4.57. The molecule has 0 spiro atoms. The first-order chi connectivity index (χ1) is 11.7. The van der Waals surface area contributed by atoms with Crippen molar-refractivity contribution in [1.29, 1.82) is 0 Å². The number of hydrogen-bond donors (Lipinski definition) is 1. The van der Waals surface area contributed by atoms with Gasteiger partial charge in [0.2, 0.25) is 5.95 Å². The van der Waals surface area contributed by atoms with E-state index in [4.69, 9.17) is 0 Å². The highest BCUT2D eigenvalue weighted by molar-refractivity contribution is 5.63. The monoisotopic (exact) mass is 319 g/mol. The van der Waals surface area contributed by atoms with E-state index in [1.165, 1.54) is 0 Å². The van der Waals surface area contributed by atoms with E-state index in [0.717, 1.165) is 35.0 Å². The summed E-state index contributed by atoms with van der Waals surface area (Å²) in [6.07, 6.45) is 3.85. The molecule has 0 saturated carbocycles. The topological polar surface area (TPSA) is 72.9 Å². The molecule has 0 saturated heterocycles. The Morgan fingerprint density at radius 3 is 2.75 bits per heavy atom. The average molecular weight is 319 g/mol. The van der Waals surface area contributed by atoms with Crippen LogP contribution in [0.3, 0.4) is 0 Å². The molecular weight excluding hydrogens is 302 g/mol. The van der Waals surface area contributed by atoms with Gasteiger partial charge in [0.15, 0.2) is 5.65 Å². The van der Waals surface area contributed by atoms with Gasteiger partial charge in [0.05, 0.1) is 11.9 Å². The van der Waals surface area contributed by atoms with Crippen molar-refractivity contribution in [3.05, 3.63) is 54.5 Å². The van der Waals surface area contributed by atoms with E-state index >= 15 is 0 Å². The summed E-state index contributed by atoms with van der Waals surface area (Å²) >= 11 is 0. The molecule has 4 rings (SSSR count). The Hall–Kier alpha value is -3.22. The van der Waals surface area contributed by atoms with E-state index in [2.05, 4.69) is 32.4 Å². The zero-order chi connectivity index (χ0) is 16.5. The van der Waals surface area contributed by atoms with Crippen molar-refractivity contribution in [2.24, 2.45) is 0 Å². The predicted octanol–water partition coefficient (Wildman–Crippen LogP) is 3.06. The number of anilines is 2. The van der Waals surface area contributed by atoms with Gasteiger partial charge in [-0.05, 0) is 38.1 Å². The third-order valence-electron chi connectivity index (χ3n) is 3.74. The lowest BCUT2D eigenvalue weighted by molar-refractivity contribution is 0.660. The first-order valence-electron chi connectivity index (χ1n) is 7.82. The lowest BCUT2D eigenvalue weighted by Gasteiger charge is -2.01. The van der Waals surface area contributed by atoms with Gasteiger partial charge in [-0.3, -0.25) is 4.68 Å². The molecular formula is C17H17N7. The lowest BCUT2D eigenvalue weighted by atomic mass is 10.2. The number of fused-ring (bicyclic) bond motifs is 1. The summed E-state index contributed by atoms with van der Waals surface area (Å²) in [5, 5.41) is 12.1. The zero-order valence-corrected chi connectivity index (χ0v) is 13.5. The summed E-state index contributed by atoms with van der Waals surface area (Å²) in [5.41, 5.74) is 3.67. The molecule has 0 atom stereocenters. The van der Waals surface area contributed by atoms with Gasteiger partial charge in [0, 0.05) is 24.0 Å². The van der Waals surface area contributed by atoms with Crippen LogP contribution in [0, 0.1) is 6.92 Å². The maximum absolute atomic E-state index is 4.57. The molecule has 0 aromatic carbocycles. The van der Waals surface area contributed by atoms with Gasteiger partial charge in [-0.25, -0.2) is 9.50 Å². The van der Waals surface area contributed by atoms with Crippen LogP contribution in [-0.2, 0) is 6.54 Å². The second kappa shape index (κ2) is 5.77. The highest BCUT2D eigenvalue weighted by Crippen LogP contribution is 2.21. The highest BCUT2D eigenvalue weighted by Gasteiger charge is 2.10. The summed E-state index contributed by atoms with van der Waals surface area (Å²) < 4.78 is 3.70. The average Bonchev–Trinajstić information content (AvgIpc) is 3.20. The summed E-state index contributed by atoms with van der Waals surface area (Å²) in [6, 6.07) is 11.7. The normalized spacial score (nSPS) is 11.1. The Morgan fingerprint density at radius 1 is 1.08 bits per heavy atom. The molecule has 4 aromatic rings. The van der Waals surface area contributed by atoms with Crippen LogP contribution in [0.1, 0.15) is 12.6 Å². The molecule has 0 fully saturated rings. The Kier molecular flexibility index (Phi) is 3.45. The molecule has 1 N–H and O–H groups in total.